The van der Waals surface area contributed by atoms with Crippen LogP contribution in [0.2, 0.25) is 5.02 Å². The Kier molecular flexibility index (Phi) is 5.32. The lowest BCUT2D eigenvalue weighted by molar-refractivity contribution is 0.0736. The summed E-state index contributed by atoms with van der Waals surface area (Å²) < 4.78 is 21.9. The maximum atomic E-state index is 14.0. The van der Waals surface area contributed by atoms with Crippen molar-refractivity contribution in [3.05, 3.63) is 57.2 Å². The molecule has 1 aromatic carbocycles. The Morgan fingerprint density at radius 2 is 1.94 bits per heavy atom. The van der Waals surface area contributed by atoms with E-state index in [1.165, 1.54) is 18.2 Å². The highest BCUT2D eigenvalue weighted by atomic mass is 35.5. The molecule has 2 aliphatic rings. The molecule has 1 fully saturated rings. The van der Waals surface area contributed by atoms with Crippen LogP contribution in [0.15, 0.2) is 18.2 Å². The third-order valence-electron chi connectivity index (χ3n) is 6.67. The average molecular weight is 457 g/mol. The highest BCUT2D eigenvalue weighted by molar-refractivity contribution is 6.31. The molecule has 6 nitrogen and oxygen atoms in total. The number of fused-ring (bicyclic) bond motifs is 3. The molecule has 0 bridgehead atoms. The standard InChI is InChI=1S/C24H26ClFN4O2/c1-13-4-7-17(8-5-13)32-21-10-16(26)6-9-18(21)24(31)29-11-19-20(12-29)28-30-15(3)22(25)14(2)27-23(19)30/h6,9-10,13,17H,4-5,7-8,11-12H2,1-3H3. The number of hydrogen-bond acceptors (Lipinski definition) is 4. The van der Waals surface area contributed by atoms with Gasteiger partial charge in [-0.1, -0.05) is 18.5 Å². The minimum atomic E-state index is -0.407. The summed E-state index contributed by atoms with van der Waals surface area (Å²) in [5, 5.41) is 5.24. The van der Waals surface area contributed by atoms with Crippen molar-refractivity contribution in [2.45, 2.75) is 65.6 Å². The molecule has 0 N–H and O–H groups in total. The fourth-order valence-corrected chi connectivity index (χ4v) is 4.85. The van der Waals surface area contributed by atoms with E-state index in [9.17, 15) is 9.18 Å². The minimum Gasteiger partial charge on any atom is -0.489 e. The summed E-state index contributed by atoms with van der Waals surface area (Å²) in [6.07, 6.45) is 4.02. The number of amides is 1. The molecular formula is C24H26ClFN4O2. The summed E-state index contributed by atoms with van der Waals surface area (Å²) in [6, 6.07) is 4.16. The summed E-state index contributed by atoms with van der Waals surface area (Å²) in [7, 11) is 0. The van der Waals surface area contributed by atoms with Gasteiger partial charge in [0.25, 0.3) is 5.91 Å². The normalized spacial score (nSPS) is 20.6. The number of aryl methyl sites for hydroxylation is 2. The third-order valence-corrected chi connectivity index (χ3v) is 7.22. The van der Waals surface area contributed by atoms with Gasteiger partial charge in [0, 0.05) is 11.6 Å². The number of rotatable bonds is 3. The molecule has 8 heteroatoms. The summed E-state index contributed by atoms with van der Waals surface area (Å²) >= 11 is 6.32. The summed E-state index contributed by atoms with van der Waals surface area (Å²) in [5.74, 6) is 0.407. The lowest BCUT2D eigenvalue weighted by Crippen LogP contribution is -2.28. The van der Waals surface area contributed by atoms with Gasteiger partial charge in [0.2, 0.25) is 0 Å². The largest absolute Gasteiger partial charge is 0.489 e. The lowest BCUT2D eigenvalue weighted by atomic mass is 9.89. The number of hydrogen-bond donors (Lipinski definition) is 0. The molecule has 1 amide bonds. The van der Waals surface area contributed by atoms with Crippen LogP contribution in [0.25, 0.3) is 5.65 Å². The van der Waals surface area contributed by atoms with Crippen LogP contribution < -0.4 is 4.74 Å². The van der Waals surface area contributed by atoms with E-state index >= 15 is 0 Å². The zero-order valence-electron chi connectivity index (χ0n) is 18.5. The third kappa shape index (κ3) is 3.62. The monoisotopic (exact) mass is 456 g/mol. The molecule has 3 heterocycles. The van der Waals surface area contributed by atoms with Crippen LogP contribution in [0.4, 0.5) is 4.39 Å². The van der Waals surface area contributed by atoms with Crippen molar-refractivity contribution >= 4 is 23.2 Å². The predicted octanol–water partition coefficient (Wildman–Crippen LogP) is 5.25. The zero-order chi connectivity index (χ0) is 22.6. The van der Waals surface area contributed by atoms with Crippen LogP contribution in [0.5, 0.6) is 5.75 Å². The van der Waals surface area contributed by atoms with Gasteiger partial charge < -0.3 is 9.64 Å². The Balaban J connectivity index is 1.41. The van der Waals surface area contributed by atoms with Gasteiger partial charge in [0.05, 0.1) is 46.9 Å². The van der Waals surface area contributed by atoms with Crippen molar-refractivity contribution in [1.82, 2.24) is 19.5 Å². The lowest BCUT2D eigenvalue weighted by Gasteiger charge is -2.28. The summed E-state index contributed by atoms with van der Waals surface area (Å²) in [5.41, 5.74) is 4.41. The molecule has 5 rings (SSSR count). The van der Waals surface area contributed by atoms with Crippen LogP contribution in [-0.2, 0) is 13.1 Å². The number of carbonyl (C=O) groups excluding carboxylic acids is 1. The first-order valence-electron chi connectivity index (χ1n) is 11.1. The van der Waals surface area contributed by atoms with Crippen molar-refractivity contribution in [2.24, 2.45) is 5.92 Å². The second-order valence-electron chi connectivity index (χ2n) is 9.06. The summed E-state index contributed by atoms with van der Waals surface area (Å²) in [6.45, 7) is 6.76. The van der Waals surface area contributed by atoms with Crippen molar-refractivity contribution < 1.29 is 13.9 Å². The molecule has 0 radical (unpaired) electrons. The number of aromatic nitrogens is 3. The van der Waals surface area contributed by atoms with Gasteiger partial charge in [-0.2, -0.15) is 5.10 Å². The molecule has 1 aliphatic heterocycles. The van der Waals surface area contributed by atoms with E-state index in [-0.39, 0.29) is 12.0 Å². The smallest absolute Gasteiger partial charge is 0.258 e. The fourth-order valence-electron chi connectivity index (χ4n) is 4.72. The van der Waals surface area contributed by atoms with Gasteiger partial charge in [0.15, 0.2) is 5.65 Å². The van der Waals surface area contributed by atoms with E-state index in [0.29, 0.717) is 35.3 Å². The number of carbonyl (C=O) groups is 1. The molecular weight excluding hydrogens is 431 g/mol. The molecule has 32 heavy (non-hydrogen) atoms. The molecule has 0 spiro atoms. The van der Waals surface area contributed by atoms with Gasteiger partial charge in [-0.15, -0.1) is 0 Å². The molecule has 2 aromatic heterocycles. The topological polar surface area (TPSA) is 59.7 Å². The first-order valence-corrected chi connectivity index (χ1v) is 11.5. The van der Waals surface area contributed by atoms with Gasteiger partial charge in [-0.3, -0.25) is 4.79 Å². The highest BCUT2D eigenvalue weighted by Gasteiger charge is 2.32. The Morgan fingerprint density at radius 1 is 1.19 bits per heavy atom. The first-order chi connectivity index (χ1) is 15.3. The van der Waals surface area contributed by atoms with E-state index in [0.717, 1.165) is 54.0 Å². The molecule has 168 valence electrons. The quantitative estimate of drug-likeness (QED) is 0.540. The number of ether oxygens (including phenoxy) is 1. The van der Waals surface area contributed by atoms with E-state index in [1.807, 2.05) is 13.8 Å². The Labute approximate surface area is 191 Å². The van der Waals surface area contributed by atoms with Crippen molar-refractivity contribution in [1.29, 1.82) is 0 Å². The van der Waals surface area contributed by atoms with E-state index in [2.05, 4.69) is 17.0 Å². The predicted molar refractivity (Wildman–Crippen MR) is 119 cm³/mol. The van der Waals surface area contributed by atoms with Crippen molar-refractivity contribution in [2.75, 3.05) is 0 Å². The fraction of sp³-hybridized carbons (Fsp3) is 0.458. The second-order valence-corrected chi connectivity index (χ2v) is 9.44. The van der Waals surface area contributed by atoms with E-state index in [1.54, 1.807) is 9.42 Å². The van der Waals surface area contributed by atoms with Crippen LogP contribution >= 0.6 is 11.6 Å². The molecule has 0 unspecified atom stereocenters. The number of nitrogens with zero attached hydrogens (tertiary/aromatic N) is 4. The van der Waals surface area contributed by atoms with Crippen LogP contribution in [-0.4, -0.2) is 31.5 Å². The molecule has 0 saturated heterocycles. The Bertz CT molecular complexity index is 1220. The molecule has 3 aromatic rings. The van der Waals surface area contributed by atoms with Crippen LogP contribution in [0, 0.1) is 25.6 Å². The summed E-state index contributed by atoms with van der Waals surface area (Å²) in [4.78, 5) is 19.7. The maximum absolute atomic E-state index is 14.0. The highest BCUT2D eigenvalue weighted by Crippen LogP contribution is 2.33. The number of benzene rings is 1. The molecule has 0 atom stereocenters. The van der Waals surface area contributed by atoms with Crippen LogP contribution in [0.3, 0.4) is 0 Å². The minimum absolute atomic E-state index is 0.0134. The van der Waals surface area contributed by atoms with Gasteiger partial charge >= 0.3 is 0 Å². The van der Waals surface area contributed by atoms with Gasteiger partial charge in [-0.25, -0.2) is 13.9 Å². The SMILES string of the molecule is Cc1nc2c3c(nn2c(C)c1Cl)CN(C(=O)c1ccc(F)cc1OC1CCC(C)CC1)C3. The van der Waals surface area contributed by atoms with E-state index in [4.69, 9.17) is 16.3 Å². The van der Waals surface area contributed by atoms with Gasteiger partial charge in [-0.05, 0) is 57.6 Å². The Morgan fingerprint density at radius 3 is 2.69 bits per heavy atom. The zero-order valence-corrected chi connectivity index (χ0v) is 19.2. The van der Waals surface area contributed by atoms with Gasteiger partial charge in [0.1, 0.15) is 11.6 Å². The number of halogens is 2. The second kappa shape index (κ2) is 8.03. The maximum Gasteiger partial charge on any atom is 0.258 e. The first kappa shape index (κ1) is 21.2. The van der Waals surface area contributed by atoms with Crippen molar-refractivity contribution in [3.63, 3.8) is 0 Å². The average Bonchev–Trinajstić information content (AvgIpc) is 3.33. The van der Waals surface area contributed by atoms with E-state index < -0.39 is 5.82 Å². The molecule has 1 saturated carbocycles. The van der Waals surface area contributed by atoms with Crippen LogP contribution in [0.1, 0.15) is 65.6 Å². The molecule has 1 aliphatic carbocycles. The van der Waals surface area contributed by atoms with Crippen molar-refractivity contribution in [3.8, 4) is 5.75 Å². The Hall–Kier alpha value is -2.67.